The Balaban J connectivity index is 1.59. The van der Waals surface area contributed by atoms with E-state index in [2.05, 4.69) is 5.32 Å². The molecule has 21 heavy (non-hydrogen) atoms. The van der Waals surface area contributed by atoms with Crippen LogP contribution in [0.5, 0.6) is 0 Å². The third-order valence-electron chi connectivity index (χ3n) is 5.21. The van der Waals surface area contributed by atoms with E-state index in [0.717, 1.165) is 51.4 Å². The van der Waals surface area contributed by atoms with Crippen molar-refractivity contribution in [2.75, 3.05) is 13.7 Å². The molecule has 0 aromatic heterocycles. The molecule has 0 aromatic rings. The Morgan fingerprint density at radius 1 is 1.19 bits per heavy atom. The van der Waals surface area contributed by atoms with E-state index >= 15 is 0 Å². The van der Waals surface area contributed by atoms with Crippen LogP contribution in [0.4, 0.5) is 0 Å². The minimum Gasteiger partial charge on any atom is -0.381 e. The molecule has 3 atom stereocenters. The molecule has 0 aliphatic heterocycles. The highest BCUT2D eigenvalue weighted by Gasteiger charge is 2.52. The van der Waals surface area contributed by atoms with Gasteiger partial charge < -0.3 is 15.2 Å². The van der Waals surface area contributed by atoms with Crippen LogP contribution in [0.2, 0.25) is 0 Å². The molecule has 0 aromatic carbocycles. The standard InChI is InChI=1S/C16H28N2O3/c1-20-13-3-2-4-14(9-13)21-10-16(15(17)19,11-5-6-11)18-12-7-8-12/h11-14,18H,2-10H2,1H3,(H2,17,19). The van der Waals surface area contributed by atoms with Gasteiger partial charge in [-0.2, -0.15) is 0 Å². The predicted octanol–water partition coefficient (Wildman–Crippen LogP) is 1.35. The molecule has 3 saturated carbocycles. The van der Waals surface area contributed by atoms with Gasteiger partial charge in [-0.25, -0.2) is 0 Å². The van der Waals surface area contributed by atoms with E-state index < -0.39 is 5.54 Å². The van der Waals surface area contributed by atoms with Crippen LogP contribution >= 0.6 is 0 Å². The molecule has 0 radical (unpaired) electrons. The van der Waals surface area contributed by atoms with Gasteiger partial charge in [-0.15, -0.1) is 0 Å². The predicted molar refractivity (Wildman–Crippen MR) is 79.8 cm³/mol. The average Bonchev–Trinajstić information content (AvgIpc) is 3.36. The number of carbonyl (C=O) groups is 1. The molecule has 120 valence electrons. The van der Waals surface area contributed by atoms with Crippen molar-refractivity contribution in [3.05, 3.63) is 0 Å². The summed E-state index contributed by atoms with van der Waals surface area (Å²) < 4.78 is 11.6. The summed E-state index contributed by atoms with van der Waals surface area (Å²) in [6.07, 6.45) is 9.18. The molecule has 3 aliphatic rings. The molecular formula is C16H28N2O3. The van der Waals surface area contributed by atoms with Crippen molar-refractivity contribution in [3.63, 3.8) is 0 Å². The zero-order valence-electron chi connectivity index (χ0n) is 13.0. The van der Waals surface area contributed by atoms with Crippen LogP contribution in [-0.2, 0) is 14.3 Å². The normalized spacial score (nSPS) is 32.6. The van der Waals surface area contributed by atoms with Gasteiger partial charge in [0, 0.05) is 13.2 Å². The Morgan fingerprint density at radius 2 is 1.90 bits per heavy atom. The number of hydrogen-bond donors (Lipinski definition) is 2. The molecular weight excluding hydrogens is 268 g/mol. The fourth-order valence-corrected chi connectivity index (χ4v) is 3.51. The first-order valence-electron chi connectivity index (χ1n) is 8.36. The second kappa shape index (κ2) is 6.23. The maximum absolute atomic E-state index is 12.1. The minimum atomic E-state index is -0.638. The van der Waals surface area contributed by atoms with Crippen molar-refractivity contribution >= 4 is 5.91 Å². The quantitative estimate of drug-likeness (QED) is 0.709. The van der Waals surface area contributed by atoms with E-state index in [-0.39, 0.29) is 12.0 Å². The van der Waals surface area contributed by atoms with Crippen molar-refractivity contribution in [1.29, 1.82) is 0 Å². The SMILES string of the molecule is COC1CCCC(OCC(NC2CC2)(C(N)=O)C2CC2)C1. The third-order valence-corrected chi connectivity index (χ3v) is 5.21. The highest BCUT2D eigenvalue weighted by Crippen LogP contribution is 2.42. The Bertz CT molecular complexity index is 382. The first-order chi connectivity index (χ1) is 10.1. The lowest BCUT2D eigenvalue weighted by Gasteiger charge is -2.35. The number of ether oxygens (including phenoxy) is 2. The largest absolute Gasteiger partial charge is 0.381 e. The van der Waals surface area contributed by atoms with E-state index in [1.165, 1.54) is 0 Å². The maximum Gasteiger partial charge on any atom is 0.240 e. The summed E-state index contributed by atoms with van der Waals surface area (Å²) in [6.45, 7) is 0.421. The van der Waals surface area contributed by atoms with E-state index in [0.29, 0.717) is 24.7 Å². The Morgan fingerprint density at radius 3 is 2.48 bits per heavy atom. The van der Waals surface area contributed by atoms with Crippen LogP contribution < -0.4 is 11.1 Å². The van der Waals surface area contributed by atoms with E-state index in [9.17, 15) is 4.79 Å². The summed E-state index contributed by atoms with van der Waals surface area (Å²) in [5.41, 5.74) is 5.11. The van der Waals surface area contributed by atoms with Crippen molar-refractivity contribution in [1.82, 2.24) is 5.32 Å². The fraction of sp³-hybridized carbons (Fsp3) is 0.938. The molecule has 5 nitrogen and oxygen atoms in total. The fourth-order valence-electron chi connectivity index (χ4n) is 3.51. The Labute approximate surface area is 126 Å². The second-order valence-corrected chi connectivity index (χ2v) is 6.99. The molecule has 0 saturated heterocycles. The van der Waals surface area contributed by atoms with Gasteiger partial charge in [0.15, 0.2) is 0 Å². The van der Waals surface area contributed by atoms with Crippen LogP contribution in [-0.4, -0.2) is 43.4 Å². The average molecular weight is 296 g/mol. The molecule has 5 heteroatoms. The van der Waals surface area contributed by atoms with Gasteiger partial charge in [-0.3, -0.25) is 10.1 Å². The lowest BCUT2D eigenvalue weighted by molar-refractivity contribution is -0.131. The highest BCUT2D eigenvalue weighted by atomic mass is 16.5. The summed E-state index contributed by atoms with van der Waals surface area (Å²) in [4.78, 5) is 12.1. The number of nitrogens with one attached hydrogen (secondary N) is 1. The number of nitrogens with two attached hydrogens (primary N) is 1. The molecule has 3 rings (SSSR count). The van der Waals surface area contributed by atoms with Crippen molar-refractivity contribution < 1.29 is 14.3 Å². The number of methoxy groups -OCH3 is 1. The molecule has 1 amide bonds. The van der Waals surface area contributed by atoms with Gasteiger partial charge in [0.25, 0.3) is 0 Å². The van der Waals surface area contributed by atoms with Gasteiger partial charge in [0.2, 0.25) is 5.91 Å². The van der Waals surface area contributed by atoms with Crippen LogP contribution in [0.15, 0.2) is 0 Å². The molecule has 3 fully saturated rings. The number of carbonyl (C=O) groups excluding carboxylic acids is 1. The highest BCUT2D eigenvalue weighted by molar-refractivity contribution is 5.86. The Kier molecular flexibility index (Phi) is 4.52. The summed E-state index contributed by atoms with van der Waals surface area (Å²) in [5, 5.41) is 3.50. The summed E-state index contributed by atoms with van der Waals surface area (Å²) in [5.74, 6) is 0.119. The van der Waals surface area contributed by atoms with Crippen molar-refractivity contribution in [2.45, 2.75) is 75.2 Å². The molecule has 0 spiro atoms. The van der Waals surface area contributed by atoms with Gasteiger partial charge >= 0.3 is 0 Å². The van der Waals surface area contributed by atoms with E-state index in [4.69, 9.17) is 15.2 Å². The maximum atomic E-state index is 12.1. The molecule has 3 aliphatic carbocycles. The molecule has 3 N–H and O–H groups in total. The number of amides is 1. The lowest BCUT2D eigenvalue weighted by atomic mass is 9.91. The smallest absolute Gasteiger partial charge is 0.240 e. The third kappa shape index (κ3) is 3.58. The number of hydrogen-bond acceptors (Lipinski definition) is 4. The molecule has 3 unspecified atom stereocenters. The first-order valence-corrected chi connectivity index (χ1v) is 8.36. The zero-order valence-corrected chi connectivity index (χ0v) is 13.0. The zero-order chi connectivity index (χ0) is 14.9. The summed E-state index contributed by atoms with van der Waals surface area (Å²) in [7, 11) is 1.76. The van der Waals surface area contributed by atoms with Crippen LogP contribution in [0.25, 0.3) is 0 Å². The van der Waals surface area contributed by atoms with E-state index in [1.54, 1.807) is 7.11 Å². The topological polar surface area (TPSA) is 73.6 Å². The van der Waals surface area contributed by atoms with E-state index in [1.807, 2.05) is 0 Å². The van der Waals surface area contributed by atoms with Gasteiger partial charge in [-0.1, -0.05) is 0 Å². The van der Waals surface area contributed by atoms with Crippen molar-refractivity contribution in [3.8, 4) is 0 Å². The van der Waals surface area contributed by atoms with Gasteiger partial charge in [0.1, 0.15) is 5.54 Å². The minimum absolute atomic E-state index is 0.196. The summed E-state index contributed by atoms with van der Waals surface area (Å²) in [6, 6.07) is 0.458. The first kappa shape index (κ1) is 15.3. The van der Waals surface area contributed by atoms with Crippen LogP contribution in [0, 0.1) is 5.92 Å². The lowest BCUT2D eigenvalue weighted by Crippen LogP contribution is -2.61. The van der Waals surface area contributed by atoms with Crippen LogP contribution in [0.3, 0.4) is 0 Å². The Hall–Kier alpha value is -0.650. The number of rotatable bonds is 8. The number of primary amides is 1. The second-order valence-electron chi connectivity index (χ2n) is 6.99. The monoisotopic (exact) mass is 296 g/mol. The molecule has 0 bridgehead atoms. The summed E-state index contributed by atoms with van der Waals surface area (Å²) >= 11 is 0. The van der Waals surface area contributed by atoms with Crippen LogP contribution in [0.1, 0.15) is 51.4 Å². The molecule has 0 heterocycles. The van der Waals surface area contributed by atoms with Gasteiger partial charge in [-0.05, 0) is 57.3 Å². The van der Waals surface area contributed by atoms with Crippen molar-refractivity contribution in [2.24, 2.45) is 11.7 Å². The van der Waals surface area contributed by atoms with Gasteiger partial charge in [0.05, 0.1) is 18.8 Å².